The van der Waals surface area contributed by atoms with E-state index >= 15 is 0 Å². The molecule has 0 fully saturated rings. The zero-order valence-corrected chi connectivity index (χ0v) is 13.1. The highest BCUT2D eigenvalue weighted by atomic mass is 32.1. The number of halogens is 3. The fraction of sp³-hybridized carbons (Fsp3) is 0.500. The monoisotopic (exact) mass is 332 g/mol. The maximum Gasteiger partial charge on any atom is 0.443 e. The van der Waals surface area contributed by atoms with Crippen molar-refractivity contribution in [3.05, 3.63) is 37.5 Å². The van der Waals surface area contributed by atoms with Gasteiger partial charge in [-0.15, -0.1) is 22.7 Å². The molecule has 2 nitrogen and oxygen atoms in total. The van der Waals surface area contributed by atoms with Gasteiger partial charge in [-0.1, -0.05) is 0 Å². The molecule has 1 unspecified atom stereocenters. The highest BCUT2D eigenvalue weighted by Crippen LogP contribution is 2.39. The standard InChI is InChI=1S/C14H15F3N2S2/c1-18-12(11-7-19-13(21-11)14(15,16)17)10-6-8-4-2-3-5-9(8)20-10/h6-7,12,18H,2-5H2,1H3. The highest BCUT2D eigenvalue weighted by molar-refractivity contribution is 7.13. The Morgan fingerprint density at radius 3 is 2.57 bits per heavy atom. The first-order valence-corrected chi connectivity index (χ1v) is 8.44. The molecule has 1 aliphatic rings. The average Bonchev–Trinajstić information content (AvgIpc) is 3.05. The summed E-state index contributed by atoms with van der Waals surface area (Å²) in [5.74, 6) is 0. The van der Waals surface area contributed by atoms with Gasteiger partial charge in [0.15, 0.2) is 5.01 Å². The van der Waals surface area contributed by atoms with Crippen molar-refractivity contribution in [3.8, 4) is 0 Å². The van der Waals surface area contributed by atoms with Gasteiger partial charge in [0.1, 0.15) is 0 Å². The Hall–Kier alpha value is -0.920. The lowest BCUT2D eigenvalue weighted by Gasteiger charge is -2.11. The largest absolute Gasteiger partial charge is 0.443 e. The molecule has 114 valence electrons. The van der Waals surface area contributed by atoms with Crippen LogP contribution in [0.3, 0.4) is 0 Å². The lowest BCUT2D eigenvalue weighted by atomic mass is 9.99. The van der Waals surface area contributed by atoms with Gasteiger partial charge in [0.05, 0.1) is 6.04 Å². The number of aromatic nitrogens is 1. The first-order chi connectivity index (χ1) is 9.99. The van der Waals surface area contributed by atoms with Gasteiger partial charge >= 0.3 is 6.18 Å². The summed E-state index contributed by atoms with van der Waals surface area (Å²) in [6.07, 6.45) is 1.55. The Kier molecular flexibility index (Phi) is 4.07. The molecule has 2 aromatic rings. The Morgan fingerprint density at radius 1 is 1.19 bits per heavy atom. The molecule has 0 aromatic carbocycles. The number of nitrogens with zero attached hydrogens (tertiary/aromatic N) is 1. The number of nitrogens with one attached hydrogen (secondary N) is 1. The molecule has 0 saturated carbocycles. The molecule has 1 atom stereocenters. The zero-order valence-electron chi connectivity index (χ0n) is 11.5. The first-order valence-electron chi connectivity index (χ1n) is 6.80. The number of alkyl halides is 3. The molecule has 2 heterocycles. The Bertz CT molecular complexity index is 607. The van der Waals surface area contributed by atoms with Gasteiger partial charge in [-0.25, -0.2) is 4.98 Å². The quantitative estimate of drug-likeness (QED) is 0.900. The van der Waals surface area contributed by atoms with Crippen LogP contribution in [0.15, 0.2) is 12.3 Å². The second kappa shape index (κ2) is 5.70. The lowest BCUT2D eigenvalue weighted by molar-refractivity contribution is -0.137. The van der Waals surface area contributed by atoms with Crippen LogP contribution < -0.4 is 5.32 Å². The number of thiazole rings is 1. The molecule has 0 saturated heterocycles. The molecule has 0 radical (unpaired) electrons. The zero-order chi connectivity index (χ0) is 15.0. The molecule has 2 aromatic heterocycles. The average molecular weight is 332 g/mol. The number of hydrogen-bond acceptors (Lipinski definition) is 4. The molecule has 7 heteroatoms. The third kappa shape index (κ3) is 3.00. The van der Waals surface area contributed by atoms with Crippen molar-refractivity contribution in [1.29, 1.82) is 0 Å². The van der Waals surface area contributed by atoms with Crippen LogP contribution in [0.2, 0.25) is 0 Å². The number of fused-ring (bicyclic) bond motifs is 1. The van der Waals surface area contributed by atoms with Crippen LogP contribution in [0.25, 0.3) is 0 Å². The molecule has 21 heavy (non-hydrogen) atoms. The van der Waals surface area contributed by atoms with Crippen molar-refractivity contribution in [3.63, 3.8) is 0 Å². The minimum absolute atomic E-state index is 0.200. The van der Waals surface area contributed by atoms with E-state index in [1.807, 2.05) is 0 Å². The van der Waals surface area contributed by atoms with Crippen molar-refractivity contribution < 1.29 is 13.2 Å². The van der Waals surface area contributed by atoms with Crippen molar-refractivity contribution in [2.75, 3.05) is 7.05 Å². The molecule has 0 amide bonds. The van der Waals surface area contributed by atoms with Crippen LogP contribution in [0.4, 0.5) is 13.2 Å². The van der Waals surface area contributed by atoms with Crippen LogP contribution in [-0.2, 0) is 19.0 Å². The number of rotatable bonds is 3. The molecule has 0 aliphatic heterocycles. The van der Waals surface area contributed by atoms with E-state index < -0.39 is 11.2 Å². The van der Waals surface area contributed by atoms with E-state index in [0.29, 0.717) is 4.88 Å². The minimum atomic E-state index is -4.37. The van der Waals surface area contributed by atoms with Gasteiger partial charge in [0.2, 0.25) is 0 Å². The summed E-state index contributed by atoms with van der Waals surface area (Å²) >= 11 is 2.44. The second-order valence-corrected chi connectivity index (χ2v) is 7.32. The van der Waals surface area contributed by atoms with E-state index in [0.717, 1.165) is 29.1 Å². The third-order valence-electron chi connectivity index (χ3n) is 3.64. The van der Waals surface area contributed by atoms with E-state index in [2.05, 4.69) is 16.4 Å². The van der Waals surface area contributed by atoms with E-state index in [9.17, 15) is 13.2 Å². The summed E-state index contributed by atoms with van der Waals surface area (Å²) < 4.78 is 38.1. The fourth-order valence-electron chi connectivity index (χ4n) is 2.63. The van der Waals surface area contributed by atoms with Gasteiger partial charge in [-0.2, -0.15) is 13.2 Å². The summed E-state index contributed by atoms with van der Waals surface area (Å²) in [7, 11) is 1.77. The van der Waals surface area contributed by atoms with Crippen molar-refractivity contribution in [1.82, 2.24) is 10.3 Å². The Balaban J connectivity index is 1.91. The second-order valence-electron chi connectivity index (χ2n) is 5.09. The molecule has 1 aliphatic carbocycles. The van der Waals surface area contributed by atoms with E-state index in [4.69, 9.17) is 0 Å². The van der Waals surface area contributed by atoms with Crippen molar-refractivity contribution in [2.45, 2.75) is 37.9 Å². The predicted octanol–water partition coefficient (Wildman–Crippen LogP) is 4.41. The fourth-order valence-corrected chi connectivity index (χ4v) is 5.01. The Labute approximate surface area is 129 Å². The van der Waals surface area contributed by atoms with Crippen LogP contribution >= 0.6 is 22.7 Å². The number of hydrogen-bond donors (Lipinski definition) is 1. The predicted molar refractivity (Wildman–Crippen MR) is 79.0 cm³/mol. The maximum absolute atomic E-state index is 12.7. The molecule has 3 rings (SSSR count). The van der Waals surface area contributed by atoms with Gasteiger partial charge in [-0.3, -0.25) is 0 Å². The molecule has 0 spiro atoms. The molecule has 1 N–H and O–H groups in total. The third-order valence-corrected chi connectivity index (χ3v) is 6.05. The van der Waals surface area contributed by atoms with Gasteiger partial charge in [0.25, 0.3) is 0 Å². The van der Waals surface area contributed by atoms with Crippen molar-refractivity contribution >= 4 is 22.7 Å². The van der Waals surface area contributed by atoms with Gasteiger partial charge < -0.3 is 5.32 Å². The minimum Gasteiger partial charge on any atom is -0.308 e. The number of thiophene rings is 1. The van der Waals surface area contributed by atoms with Crippen LogP contribution in [0.1, 0.15) is 44.1 Å². The van der Waals surface area contributed by atoms with Crippen LogP contribution in [0, 0.1) is 0 Å². The smallest absolute Gasteiger partial charge is 0.308 e. The van der Waals surface area contributed by atoms with E-state index in [-0.39, 0.29) is 6.04 Å². The maximum atomic E-state index is 12.7. The van der Waals surface area contributed by atoms with Gasteiger partial charge in [-0.05, 0) is 44.4 Å². The van der Waals surface area contributed by atoms with Crippen LogP contribution in [0.5, 0.6) is 0 Å². The van der Waals surface area contributed by atoms with Gasteiger partial charge in [0, 0.05) is 20.8 Å². The van der Waals surface area contributed by atoms with E-state index in [1.165, 1.54) is 29.5 Å². The van der Waals surface area contributed by atoms with Crippen molar-refractivity contribution in [2.24, 2.45) is 0 Å². The molecular weight excluding hydrogens is 317 g/mol. The SMILES string of the molecule is CNC(c1cnc(C(F)(F)F)s1)c1cc2c(s1)CCCC2. The highest BCUT2D eigenvalue weighted by Gasteiger charge is 2.35. The summed E-state index contributed by atoms with van der Waals surface area (Å²) in [6, 6.07) is 1.95. The summed E-state index contributed by atoms with van der Waals surface area (Å²) in [6.45, 7) is 0. The first kappa shape index (κ1) is 15.0. The summed E-state index contributed by atoms with van der Waals surface area (Å²) in [4.78, 5) is 6.61. The topological polar surface area (TPSA) is 24.9 Å². The lowest BCUT2D eigenvalue weighted by Crippen LogP contribution is -2.15. The normalized spacial score (nSPS) is 16.8. The van der Waals surface area contributed by atoms with E-state index in [1.54, 1.807) is 18.4 Å². The summed E-state index contributed by atoms with van der Waals surface area (Å²) in [5, 5.41) is 2.34. The molecular formula is C14H15F3N2S2. The molecule has 0 bridgehead atoms. The summed E-state index contributed by atoms with van der Waals surface area (Å²) in [5.41, 5.74) is 1.36. The van der Waals surface area contributed by atoms with Crippen LogP contribution in [-0.4, -0.2) is 12.0 Å². The Morgan fingerprint density at radius 2 is 1.95 bits per heavy atom. The number of aryl methyl sites for hydroxylation is 2.